The zero-order valence-corrected chi connectivity index (χ0v) is 10.8. The van der Waals surface area contributed by atoms with Crippen LogP contribution in [0, 0.1) is 11.3 Å². The van der Waals surface area contributed by atoms with Crippen molar-refractivity contribution >= 4 is 21.9 Å². The first-order valence-corrected chi connectivity index (χ1v) is 5.69. The van der Waals surface area contributed by atoms with Crippen molar-refractivity contribution in [3.05, 3.63) is 33.3 Å². The highest BCUT2D eigenvalue weighted by Crippen LogP contribution is 2.22. The fraction of sp³-hybridized carbons (Fsp3) is 0.333. The summed E-state index contributed by atoms with van der Waals surface area (Å²) >= 11 is 3.33. The van der Waals surface area contributed by atoms with Crippen LogP contribution in [-0.2, 0) is 22.4 Å². The summed E-state index contributed by atoms with van der Waals surface area (Å²) in [7, 11) is 1.36. The van der Waals surface area contributed by atoms with Crippen molar-refractivity contribution in [2.45, 2.75) is 19.8 Å². The van der Waals surface area contributed by atoms with E-state index in [0.717, 1.165) is 22.0 Å². The molecule has 0 saturated heterocycles. The number of hydrogen-bond donors (Lipinski definition) is 0. The van der Waals surface area contributed by atoms with Crippen molar-refractivity contribution < 1.29 is 9.53 Å². The lowest BCUT2D eigenvalue weighted by Crippen LogP contribution is -2.08. The second-order valence-electron chi connectivity index (χ2n) is 3.31. The van der Waals surface area contributed by atoms with Crippen LogP contribution in [0.15, 0.2) is 16.6 Å². The number of carbonyl (C=O) groups excluding carboxylic acids is 1. The SMILES string of the molecule is CCc1c(C#N)cc(Br)cc1CC(=O)OC. The summed E-state index contributed by atoms with van der Waals surface area (Å²) < 4.78 is 5.44. The second kappa shape index (κ2) is 5.66. The van der Waals surface area contributed by atoms with Gasteiger partial charge >= 0.3 is 5.97 Å². The molecule has 0 aliphatic carbocycles. The predicted molar refractivity (Wildman–Crippen MR) is 64.0 cm³/mol. The molecular weight excluding hydrogens is 270 g/mol. The highest BCUT2D eigenvalue weighted by atomic mass is 79.9. The maximum absolute atomic E-state index is 11.2. The molecule has 0 saturated carbocycles. The number of hydrogen-bond acceptors (Lipinski definition) is 3. The lowest BCUT2D eigenvalue weighted by molar-refractivity contribution is -0.139. The Morgan fingerprint density at radius 3 is 2.75 bits per heavy atom. The maximum Gasteiger partial charge on any atom is 0.309 e. The molecule has 0 amide bonds. The van der Waals surface area contributed by atoms with Gasteiger partial charge in [0, 0.05) is 4.47 Å². The summed E-state index contributed by atoms with van der Waals surface area (Å²) in [4.78, 5) is 11.2. The Morgan fingerprint density at radius 1 is 1.56 bits per heavy atom. The summed E-state index contributed by atoms with van der Waals surface area (Å²) in [6.07, 6.45) is 0.927. The Balaban J connectivity index is 3.21. The first-order valence-electron chi connectivity index (χ1n) is 4.90. The van der Waals surface area contributed by atoms with Crippen LogP contribution in [0.1, 0.15) is 23.6 Å². The molecule has 0 spiro atoms. The van der Waals surface area contributed by atoms with Crippen LogP contribution in [0.2, 0.25) is 0 Å². The lowest BCUT2D eigenvalue weighted by atomic mass is 9.97. The van der Waals surface area contributed by atoms with Crippen molar-refractivity contribution in [1.29, 1.82) is 5.26 Å². The fourth-order valence-corrected chi connectivity index (χ4v) is 2.10. The van der Waals surface area contributed by atoms with Crippen molar-refractivity contribution in [3.8, 4) is 6.07 Å². The molecule has 0 bridgehead atoms. The van der Waals surface area contributed by atoms with E-state index in [-0.39, 0.29) is 12.4 Å². The van der Waals surface area contributed by atoms with Gasteiger partial charge in [0.1, 0.15) is 0 Å². The highest BCUT2D eigenvalue weighted by Gasteiger charge is 2.12. The number of esters is 1. The molecule has 0 aliphatic rings. The number of carbonyl (C=O) groups is 1. The molecule has 0 radical (unpaired) electrons. The van der Waals surface area contributed by atoms with E-state index >= 15 is 0 Å². The molecule has 84 valence electrons. The summed E-state index contributed by atoms with van der Waals surface area (Å²) in [5.41, 5.74) is 2.37. The molecule has 0 aliphatic heterocycles. The Bertz CT molecular complexity index is 449. The molecule has 4 heteroatoms. The normalized spacial score (nSPS) is 9.62. The van der Waals surface area contributed by atoms with Crippen molar-refractivity contribution in [2.75, 3.05) is 7.11 Å². The van der Waals surface area contributed by atoms with Gasteiger partial charge in [0.15, 0.2) is 0 Å². The van der Waals surface area contributed by atoms with Gasteiger partial charge in [0.25, 0.3) is 0 Å². The molecule has 0 heterocycles. The fourth-order valence-electron chi connectivity index (χ4n) is 1.60. The van der Waals surface area contributed by atoms with Crippen molar-refractivity contribution in [3.63, 3.8) is 0 Å². The van der Waals surface area contributed by atoms with Crippen LogP contribution >= 0.6 is 15.9 Å². The first-order chi connectivity index (χ1) is 7.62. The minimum Gasteiger partial charge on any atom is -0.469 e. The molecule has 1 rings (SSSR count). The van der Waals surface area contributed by atoms with Gasteiger partial charge in [0.05, 0.1) is 25.2 Å². The van der Waals surface area contributed by atoms with Crippen LogP contribution in [0.4, 0.5) is 0 Å². The largest absolute Gasteiger partial charge is 0.469 e. The van der Waals surface area contributed by atoms with Gasteiger partial charge in [-0.15, -0.1) is 0 Å². The second-order valence-corrected chi connectivity index (χ2v) is 4.22. The van der Waals surface area contributed by atoms with Gasteiger partial charge in [-0.25, -0.2) is 0 Å². The number of benzene rings is 1. The Kier molecular flexibility index (Phi) is 4.51. The topological polar surface area (TPSA) is 50.1 Å². The third-order valence-corrected chi connectivity index (χ3v) is 2.80. The van der Waals surface area contributed by atoms with E-state index in [2.05, 4.69) is 26.7 Å². The molecule has 0 N–H and O–H groups in total. The summed E-state index contributed by atoms with van der Waals surface area (Å²) in [5, 5.41) is 9.00. The van der Waals surface area contributed by atoms with Crippen LogP contribution in [0.25, 0.3) is 0 Å². The number of methoxy groups -OCH3 is 1. The minimum atomic E-state index is -0.295. The van der Waals surface area contributed by atoms with Gasteiger partial charge in [-0.05, 0) is 29.7 Å². The highest BCUT2D eigenvalue weighted by molar-refractivity contribution is 9.10. The number of halogens is 1. The maximum atomic E-state index is 11.2. The van der Waals surface area contributed by atoms with E-state index in [1.54, 1.807) is 6.07 Å². The first kappa shape index (κ1) is 12.7. The summed E-state index contributed by atoms with van der Waals surface area (Å²) in [6.45, 7) is 1.96. The van der Waals surface area contributed by atoms with Gasteiger partial charge in [-0.3, -0.25) is 4.79 Å². The standard InChI is InChI=1S/C12H12BrNO2/c1-3-11-8(6-12(15)16-2)4-10(13)5-9(11)7-14/h4-5H,3,6H2,1-2H3. The molecule has 0 fully saturated rings. The van der Waals surface area contributed by atoms with E-state index < -0.39 is 0 Å². The zero-order valence-electron chi connectivity index (χ0n) is 9.21. The van der Waals surface area contributed by atoms with E-state index in [4.69, 9.17) is 5.26 Å². The van der Waals surface area contributed by atoms with E-state index in [0.29, 0.717) is 5.56 Å². The van der Waals surface area contributed by atoms with Gasteiger partial charge in [0.2, 0.25) is 0 Å². The Morgan fingerprint density at radius 2 is 2.25 bits per heavy atom. The Labute approximate surface area is 103 Å². The molecule has 3 nitrogen and oxygen atoms in total. The molecule has 1 aromatic rings. The van der Waals surface area contributed by atoms with Crippen LogP contribution in [-0.4, -0.2) is 13.1 Å². The number of nitriles is 1. The van der Waals surface area contributed by atoms with Crippen molar-refractivity contribution in [2.24, 2.45) is 0 Å². The minimum absolute atomic E-state index is 0.202. The number of ether oxygens (including phenoxy) is 1. The smallest absolute Gasteiger partial charge is 0.309 e. The van der Waals surface area contributed by atoms with Gasteiger partial charge in [-0.1, -0.05) is 22.9 Å². The average Bonchev–Trinajstić information content (AvgIpc) is 2.28. The third kappa shape index (κ3) is 2.83. The molecular formula is C12H12BrNO2. The Hall–Kier alpha value is -1.34. The predicted octanol–water partition coefficient (Wildman–Crippen LogP) is 2.60. The van der Waals surface area contributed by atoms with Gasteiger partial charge in [-0.2, -0.15) is 5.26 Å². The van der Waals surface area contributed by atoms with E-state index in [1.807, 2.05) is 13.0 Å². The molecule has 1 aromatic carbocycles. The van der Waals surface area contributed by atoms with Crippen LogP contribution in [0.3, 0.4) is 0 Å². The number of rotatable bonds is 3. The zero-order chi connectivity index (χ0) is 12.1. The van der Waals surface area contributed by atoms with E-state index in [1.165, 1.54) is 7.11 Å². The molecule has 16 heavy (non-hydrogen) atoms. The van der Waals surface area contributed by atoms with Gasteiger partial charge < -0.3 is 4.74 Å². The number of nitrogens with zero attached hydrogens (tertiary/aromatic N) is 1. The quantitative estimate of drug-likeness (QED) is 0.801. The summed E-state index contributed by atoms with van der Waals surface area (Å²) in [5.74, 6) is -0.295. The summed E-state index contributed by atoms with van der Waals surface area (Å²) in [6, 6.07) is 5.76. The lowest BCUT2D eigenvalue weighted by Gasteiger charge is -2.09. The van der Waals surface area contributed by atoms with Crippen molar-refractivity contribution in [1.82, 2.24) is 0 Å². The molecule has 0 unspecified atom stereocenters. The monoisotopic (exact) mass is 281 g/mol. The van der Waals surface area contributed by atoms with Crippen LogP contribution in [0.5, 0.6) is 0 Å². The molecule has 0 aromatic heterocycles. The van der Waals surface area contributed by atoms with Crippen LogP contribution < -0.4 is 0 Å². The molecule has 0 atom stereocenters. The third-order valence-electron chi connectivity index (χ3n) is 2.34. The average molecular weight is 282 g/mol. The van der Waals surface area contributed by atoms with E-state index in [9.17, 15) is 4.79 Å².